The molecule has 1 N–H and O–H groups in total. The monoisotopic (exact) mass is 290 g/mol. The molecule has 1 aromatic carbocycles. The minimum Gasteiger partial charge on any atom is -0.496 e. The van der Waals surface area contributed by atoms with Gasteiger partial charge in [-0.15, -0.1) is 0 Å². The van der Waals surface area contributed by atoms with Crippen molar-refractivity contribution in [3.63, 3.8) is 0 Å². The van der Waals surface area contributed by atoms with Gasteiger partial charge in [0.1, 0.15) is 5.75 Å². The van der Waals surface area contributed by atoms with Crippen LogP contribution < -0.4 is 10.1 Å². The Hall–Kier alpha value is -1.06. The standard InChI is InChI=1S/C18H30N2O/c1-13-9-10-18(21-5)16(11-13)17(19-4)12-20-14(2)7-6-8-15(20)3/h9-11,14-15,17,19H,6-8,12H2,1-5H3/t14-,15+,17?. The number of benzene rings is 1. The summed E-state index contributed by atoms with van der Waals surface area (Å²) in [5.74, 6) is 0.984. The molecule has 1 fully saturated rings. The van der Waals surface area contributed by atoms with Crippen molar-refractivity contribution in [2.75, 3.05) is 20.7 Å². The van der Waals surface area contributed by atoms with Crippen molar-refractivity contribution in [3.8, 4) is 5.75 Å². The highest BCUT2D eigenvalue weighted by atomic mass is 16.5. The van der Waals surface area contributed by atoms with Crippen molar-refractivity contribution in [1.82, 2.24) is 10.2 Å². The van der Waals surface area contributed by atoms with Crippen LogP contribution in [0.3, 0.4) is 0 Å². The Morgan fingerprint density at radius 2 is 1.95 bits per heavy atom. The third-order valence-corrected chi connectivity index (χ3v) is 4.88. The van der Waals surface area contributed by atoms with Gasteiger partial charge < -0.3 is 10.1 Å². The second-order valence-electron chi connectivity index (χ2n) is 6.41. The second kappa shape index (κ2) is 7.28. The molecule has 0 spiro atoms. The van der Waals surface area contributed by atoms with Crippen LogP contribution in [0.25, 0.3) is 0 Å². The minimum absolute atomic E-state index is 0.308. The molecule has 0 aromatic heterocycles. The van der Waals surface area contributed by atoms with Gasteiger partial charge in [0.05, 0.1) is 7.11 Å². The van der Waals surface area contributed by atoms with E-state index in [1.54, 1.807) is 7.11 Å². The van der Waals surface area contributed by atoms with E-state index in [0.717, 1.165) is 12.3 Å². The quantitative estimate of drug-likeness (QED) is 0.898. The fourth-order valence-electron chi connectivity index (χ4n) is 3.52. The SMILES string of the molecule is CNC(CN1[C@H](C)CCC[C@@H]1C)c1cc(C)ccc1OC. The van der Waals surface area contributed by atoms with Crippen molar-refractivity contribution in [2.45, 2.75) is 58.2 Å². The number of hydrogen-bond acceptors (Lipinski definition) is 3. The summed E-state index contributed by atoms with van der Waals surface area (Å²) in [7, 11) is 3.80. The first-order valence-electron chi connectivity index (χ1n) is 8.14. The van der Waals surface area contributed by atoms with Gasteiger partial charge in [0, 0.05) is 30.2 Å². The average molecular weight is 290 g/mol. The number of rotatable bonds is 5. The summed E-state index contributed by atoms with van der Waals surface area (Å²) < 4.78 is 5.57. The first-order valence-corrected chi connectivity index (χ1v) is 8.14. The molecule has 0 bridgehead atoms. The third kappa shape index (κ3) is 3.78. The summed E-state index contributed by atoms with van der Waals surface area (Å²) >= 11 is 0. The van der Waals surface area contributed by atoms with Crippen LogP contribution in [-0.2, 0) is 0 Å². The van der Waals surface area contributed by atoms with Gasteiger partial charge in [-0.25, -0.2) is 0 Å². The molecular weight excluding hydrogens is 260 g/mol. The van der Waals surface area contributed by atoms with E-state index in [9.17, 15) is 0 Å². The lowest BCUT2D eigenvalue weighted by Gasteiger charge is -2.41. The van der Waals surface area contributed by atoms with Gasteiger partial charge in [-0.1, -0.05) is 24.1 Å². The molecule has 2 rings (SSSR count). The molecule has 1 heterocycles. The van der Waals surface area contributed by atoms with Crippen LogP contribution in [0.1, 0.15) is 50.3 Å². The zero-order valence-corrected chi connectivity index (χ0v) is 14.1. The lowest BCUT2D eigenvalue weighted by atomic mass is 9.95. The number of methoxy groups -OCH3 is 1. The molecule has 118 valence electrons. The van der Waals surface area contributed by atoms with E-state index in [1.807, 2.05) is 7.05 Å². The maximum Gasteiger partial charge on any atom is 0.123 e. The van der Waals surface area contributed by atoms with Gasteiger partial charge in [-0.05, 0) is 46.7 Å². The second-order valence-corrected chi connectivity index (χ2v) is 6.41. The molecule has 0 saturated carbocycles. The van der Waals surface area contributed by atoms with Crippen LogP contribution in [0.4, 0.5) is 0 Å². The molecule has 0 amide bonds. The molecule has 3 nitrogen and oxygen atoms in total. The average Bonchev–Trinajstić information content (AvgIpc) is 2.47. The van der Waals surface area contributed by atoms with Crippen LogP contribution in [0.5, 0.6) is 5.75 Å². The van der Waals surface area contributed by atoms with Crippen molar-refractivity contribution >= 4 is 0 Å². The summed E-state index contributed by atoms with van der Waals surface area (Å²) in [5, 5.41) is 3.49. The lowest BCUT2D eigenvalue weighted by Crippen LogP contribution is -2.47. The highest BCUT2D eigenvalue weighted by molar-refractivity contribution is 5.39. The summed E-state index contributed by atoms with van der Waals surface area (Å²) in [6.07, 6.45) is 3.98. The maximum absolute atomic E-state index is 5.57. The predicted molar refractivity (Wildman–Crippen MR) is 89.0 cm³/mol. The number of likely N-dealkylation sites (N-methyl/N-ethyl adjacent to an activating group) is 1. The number of hydrogen-bond donors (Lipinski definition) is 1. The maximum atomic E-state index is 5.57. The number of aryl methyl sites for hydroxylation is 1. The highest BCUT2D eigenvalue weighted by Crippen LogP contribution is 2.30. The van der Waals surface area contributed by atoms with Crippen LogP contribution in [-0.4, -0.2) is 37.7 Å². The zero-order chi connectivity index (χ0) is 15.4. The van der Waals surface area contributed by atoms with Crippen molar-refractivity contribution in [3.05, 3.63) is 29.3 Å². The van der Waals surface area contributed by atoms with Gasteiger partial charge in [-0.2, -0.15) is 0 Å². The number of ether oxygens (including phenoxy) is 1. The van der Waals surface area contributed by atoms with Gasteiger partial charge in [-0.3, -0.25) is 4.90 Å². The molecule has 1 saturated heterocycles. The Kier molecular flexibility index (Phi) is 5.65. The summed E-state index contributed by atoms with van der Waals surface area (Å²) in [4.78, 5) is 2.65. The third-order valence-electron chi connectivity index (χ3n) is 4.88. The first kappa shape index (κ1) is 16.3. The van der Waals surface area contributed by atoms with E-state index < -0.39 is 0 Å². The van der Waals surface area contributed by atoms with Gasteiger partial charge in [0.2, 0.25) is 0 Å². The molecular formula is C18H30N2O. The molecule has 1 aliphatic heterocycles. The van der Waals surface area contributed by atoms with Crippen LogP contribution >= 0.6 is 0 Å². The Bertz CT molecular complexity index is 451. The lowest BCUT2D eigenvalue weighted by molar-refractivity contribution is 0.0916. The van der Waals surface area contributed by atoms with Crippen LogP contribution in [0, 0.1) is 6.92 Å². The first-order chi connectivity index (χ1) is 10.1. The molecule has 21 heavy (non-hydrogen) atoms. The Balaban J connectivity index is 2.21. The molecule has 3 heteroatoms. The van der Waals surface area contributed by atoms with E-state index in [0.29, 0.717) is 18.1 Å². The van der Waals surface area contributed by atoms with E-state index in [4.69, 9.17) is 4.74 Å². The van der Waals surface area contributed by atoms with E-state index in [2.05, 4.69) is 49.2 Å². The molecule has 1 aliphatic rings. The van der Waals surface area contributed by atoms with Gasteiger partial charge >= 0.3 is 0 Å². The van der Waals surface area contributed by atoms with Crippen LogP contribution in [0.15, 0.2) is 18.2 Å². The highest BCUT2D eigenvalue weighted by Gasteiger charge is 2.28. The Morgan fingerprint density at radius 3 is 2.52 bits per heavy atom. The Labute approximate surface area is 129 Å². The number of nitrogens with zero attached hydrogens (tertiary/aromatic N) is 1. The van der Waals surface area contributed by atoms with E-state index in [-0.39, 0.29) is 0 Å². The fraction of sp³-hybridized carbons (Fsp3) is 0.667. The topological polar surface area (TPSA) is 24.5 Å². The molecule has 3 atom stereocenters. The van der Waals surface area contributed by atoms with Crippen molar-refractivity contribution < 1.29 is 4.74 Å². The summed E-state index contributed by atoms with van der Waals surface area (Å²) in [6.45, 7) is 7.90. The minimum atomic E-state index is 0.308. The molecule has 0 aliphatic carbocycles. The van der Waals surface area contributed by atoms with Crippen LogP contribution in [0.2, 0.25) is 0 Å². The predicted octanol–water partition coefficient (Wildman–Crippen LogP) is 3.53. The van der Waals surface area contributed by atoms with Crippen molar-refractivity contribution in [1.29, 1.82) is 0 Å². The molecule has 0 radical (unpaired) electrons. The number of nitrogens with one attached hydrogen (secondary N) is 1. The summed E-state index contributed by atoms with van der Waals surface area (Å²) in [5.41, 5.74) is 2.55. The van der Waals surface area contributed by atoms with Gasteiger partial charge in [0.15, 0.2) is 0 Å². The largest absolute Gasteiger partial charge is 0.496 e. The number of piperidine rings is 1. The normalized spacial score (nSPS) is 24.8. The fourth-order valence-corrected chi connectivity index (χ4v) is 3.52. The smallest absolute Gasteiger partial charge is 0.123 e. The summed E-state index contributed by atoms with van der Waals surface area (Å²) in [6, 6.07) is 8.09. The molecule has 1 aromatic rings. The Morgan fingerprint density at radius 1 is 1.29 bits per heavy atom. The van der Waals surface area contributed by atoms with E-state index in [1.165, 1.54) is 30.4 Å². The molecule has 1 unspecified atom stereocenters. The zero-order valence-electron chi connectivity index (χ0n) is 14.1. The number of likely N-dealkylation sites (tertiary alicyclic amines) is 1. The van der Waals surface area contributed by atoms with Gasteiger partial charge in [0.25, 0.3) is 0 Å². The van der Waals surface area contributed by atoms with Crippen molar-refractivity contribution in [2.24, 2.45) is 0 Å². The van der Waals surface area contributed by atoms with E-state index >= 15 is 0 Å².